The number of nitrogens with zero attached hydrogens (tertiary/aromatic N) is 1. The second-order valence-corrected chi connectivity index (χ2v) is 17.4. The number of piperidine rings is 1. The van der Waals surface area contributed by atoms with Crippen molar-refractivity contribution >= 4 is 23.4 Å². The monoisotopic (exact) mass is 775 g/mol. The minimum atomic E-state index is -2.42. The number of ether oxygens (including phenoxy) is 4. The number of hydrogen-bond donors (Lipinski definition) is 3. The van der Waals surface area contributed by atoms with Crippen molar-refractivity contribution in [2.75, 3.05) is 20.8 Å². The highest BCUT2D eigenvalue weighted by molar-refractivity contribution is 6.39. The summed E-state index contributed by atoms with van der Waals surface area (Å²) in [7, 11) is 3.14. The number of esters is 1. The summed E-state index contributed by atoms with van der Waals surface area (Å²) < 4.78 is 24.0. The van der Waals surface area contributed by atoms with Gasteiger partial charge in [0.05, 0.1) is 30.5 Å². The molecule has 3 N–H and O–H groups in total. The first kappa shape index (κ1) is 45.2. The van der Waals surface area contributed by atoms with E-state index in [0.717, 1.165) is 5.57 Å². The fraction of sp³-hybridized carbons (Fsp3) is 0.814. The Morgan fingerprint density at radius 2 is 1.64 bits per heavy atom. The number of cyclic esters (lactones) is 1. The van der Waals surface area contributed by atoms with E-state index in [1.807, 2.05) is 39.8 Å². The van der Waals surface area contributed by atoms with Crippen molar-refractivity contribution in [3.63, 3.8) is 0 Å². The Hall–Kier alpha value is -2.48. The SMILES string of the molecule is CC[C@@H]1/C=C(\C)C[C@H](C)C[C@H](OC)[C@H]2O[C@@](O)(C(=O)C(=O)N3CCCC[C@H]3C(=O)O[C@H](/C(C)=C/[C@@H]3CC[C@@H](O)[C@H](OC)C3)[C@H](C)[C@@H](O)CC1=O)[C@H](C)C[C@@H]2C. The van der Waals surface area contributed by atoms with E-state index in [0.29, 0.717) is 63.4 Å². The summed E-state index contributed by atoms with van der Waals surface area (Å²) >= 11 is 0. The van der Waals surface area contributed by atoms with Crippen LogP contribution >= 0.6 is 0 Å². The molecule has 0 radical (unpaired) electrons. The molecular formula is C43H69NO11. The number of aliphatic hydroxyl groups is 3. The maximum Gasteiger partial charge on any atom is 0.329 e. The van der Waals surface area contributed by atoms with Crippen LogP contribution in [0.15, 0.2) is 23.3 Å². The molecule has 0 unspecified atom stereocenters. The van der Waals surface area contributed by atoms with Gasteiger partial charge in [-0.15, -0.1) is 0 Å². The predicted octanol–water partition coefficient (Wildman–Crippen LogP) is 5.09. The number of carbonyl (C=O) groups is 4. The molecule has 3 aliphatic heterocycles. The third-order valence-corrected chi connectivity index (χ3v) is 12.9. The van der Waals surface area contributed by atoms with Gasteiger partial charge in [-0.2, -0.15) is 0 Å². The second kappa shape index (κ2) is 19.8. The summed E-state index contributed by atoms with van der Waals surface area (Å²) in [6.45, 7) is 13.4. The average molecular weight is 776 g/mol. The Kier molecular flexibility index (Phi) is 16.3. The van der Waals surface area contributed by atoms with Crippen LogP contribution in [-0.2, 0) is 38.1 Å². The minimum Gasteiger partial charge on any atom is -0.456 e. The summed E-state index contributed by atoms with van der Waals surface area (Å²) in [5.41, 5.74) is 1.70. The molecule has 312 valence electrons. The Bertz CT molecular complexity index is 1410. The number of aliphatic hydroxyl groups excluding tert-OH is 2. The van der Waals surface area contributed by atoms with Crippen LogP contribution in [0.5, 0.6) is 0 Å². The Morgan fingerprint density at radius 3 is 2.29 bits per heavy atom. The quantitative estimate of drug-likeness (QED) is 0.193. The van der Waals surface area contributed by atoms with Crippen LogP contribution in [0.25, 0.3) is 0 Å². The lowest BCUT2D eigenvalue weighted by Gasteiger charge is -2.46. The highest BCUT2D eigenvalue weighted by Gasteiger charge is 2.55. The third kappa shape index (κ3) is 10.7. The summed E-state index contributed by atoms with van der Waals surface area (Å²) in [6.07, 6.45) is 5.07. The van der Waals surface area contributed by atoms with Gasteiger partial charge >= 0.3 is 5.97 Å². The lowest BCUT2D eigenvalue weighted by Crippen LogP contribution is -2.63. The Morgan fingerprint density at radius 1 is 0.945 bits per heavy atom. The first-order valence-corrected chi connectivity index (χ1v) is 20.7. The lowest BCUT2D eigenvalue weighted by atomic mass is 9.78. The number of Topliss-reactive ketones (excluding diaryl/α,β-unsaturated/α-hetero) is 2. The van der Waals surface area contributed by atoms with Gasteiger partial charge in [0.1, 0.15) is 17.9 Å². The zero-order valence-electron chi connectivity index (χ0n) is 34.7. The molecule has 4 aliphatic rings. The van der Waals surface area contributed by atoms with Crippen LogP contribution in [0.4, 0.5) is 0 Å². The Balaban J connectivity index is 1.75. The zero-order valence-corrected chi connectivity index (χ0v) is 34.7. The first-order chi connectivity index (χ1) is 25.9. The van der Waals surface area contributed by atoms with Crippen LogP contribution in [0, 0.1) is 35.5 Å². The highest BCUT2D eigenvalue weighted by Crippen LogP contribution is 2.40. The summed E-state index contributed by atoms with van der Waals surface area (Å²) in [5.74, 6) is -7.17. The van der Waals surface area contributed by atoms with Gasteiger partial charge in [-0.3, -0.25) is 14.4 Å². The summed E-state index contributed by atoms with van der Waals surface area (Å²) in [4.78, 5) is 57.5. The largest absolute Gasteiger partial charge is 0.456 e. The number of fused-ring (bicyclic) bond motifs is 3. The van der Waals surface area contributed by atoms with Crippen LogP contribution in [0.3, 0.4) is 0 Å². The van der Waals surface area contributed by atoms with Gasteiger partial charge in [-0.25, -0.2) is 4.79 Å². The molecule has 12 nitrogen and oxygen atoms in total. The van der Waals surface area contributed by atoms with Gasteiger partial charge < -0.3 is 39.2 Å². The van der Waals surface area contributed by atoms with Crippen molar-refractivity contribution in [1.82, 2.24) is 4.90 Å². The number of methoxy groups -OCH3 is 2. The topological polar surface area (TPSA) is 169 Å². The molecule has 55 heavy (non-hydrogen) atoms. The van der Waals surface area contributed by atoms with E-state index in [1.54, 1.807) is 28.1 Å². The minimum absolute atomic E-state index is 0.0102. The van der Waals surface area contributed by atoms with Crippen LogP contribution in [0.2, 0.25) is 0 Å². The fourth-order valence-electron chi connectivity index (χ4n) is 9.54. The molecule has 0 aromatic heterocycles. The van der Waals surface area contributed by atoms with Crippen molar-refractivity contribution < 1.29 is 53.4 Å². The summed E-state index contributed by atoms with van der Waals surface area (Å²) in [6, 6.07) is -1.11. The van der Waals surface area contributed by atoms with Crippen molar-refractivity contribution in [1.29, 1.82) is 0 Å². The van der Waals surface area contributed by atoms with Crippen molar-refractivity contribution in [3.05, 3.63) is 23.3 Å². The lowest BCUT2D eigenvalue weighted by molar-refractivity contribution is -0.290. The molecule has 14 atom stereocenters. The molecule has 2 saturated heterocycles. The molecule has 0 aromatic rings. The van der Waals surface area contributed by atoms with E-state index in [2.05, 4.69) is 6.92 Å². The molecule has 3 fully saturated rings. The molecule has 1 saturated carbocycles. The highest BCUT2D eigenvalue weighted by atomic mass is 16.7. The van der Waals surface area contributed by atoms with Gasteiger partial charge in [-0.1, -0.05) is 52.3 Å². The standard InChI is InChI=1S/C43H69NO11/c1-10-31-18-24(2)17-25(3)19-37(53-9)39-26(4)20-28(6)43(51,55-39)40(48)41(49)44-16-12-11-13-32(44)42(50)54-38(29(7)34(46)23-35(31)47)27(5)21-30-14-15-33(45)36(22-30)52-8/h18,21,25-26,28-34,36-39,45-46,51H,10-17,19-20,22-23H2,1-9H3/b24-18+,27-21+/t25-,26-,28+,29+,30-,31+,32-,33+,34-,36+,37-,38+,39-,43+/m0/s1. The van der Waals surface area contributed by atoms with E-state index in [-0.39, 0.29) is 49.0 Å². The molecule has 1 amide bonds. The van der Waals surface area contributed by atoms with E-state index in [1.165, 1.54) is 4.90 Å². The predicted molar refractivity (Wildman–Crippen MR) is 206 cm³/mol. The molecule has 0 aromatic carbocycles. The molecule has 12 heteroatoms. The maximum absolute atomic E-state index is 14.3. The van der Waals surface area contributed by atoms with Gasteiger partial charge in [-0.05, 0) is 101 Å². The molecule has 1 aliphatic carbocycles. The summed E-state index contributed by atoms with van der Waals surface area (Å²) in [5, 5.41) is 34.0. The van der Waals surface area contributed by atoms with Gasteiger partial charge in [0.15, 0.2) is 0 Å². The Labute approximate surface area is 328 Å². The third-order valence-electron chi connectivity index (χ3n) is 12.9. The van der Waals surface area contributed by atoms with Gasteiger partial charge in [0.25, 0.3) is 11.7 Å². The fourth-order valence-corrected chi connectivity index (χ4v) is 9.54. The van der Waals surface area contributed by atoms with Crippen LogP contribution in [0.1, 0.15) is 119 Å². The normalized spacial score (nSPS) is 42.1. The molecule has 0 spiro atoms. The number of amides is 1. The van der Waals surface area contributed by atoms with Crippen molar-refractivity contribution in [3.8, 4) is 0 Å². The number of allylic oxidation sites excluding steroid dienone is 3. The maximum atomic E-state index is 14.3. The molecule has 3 heterocycles. The molecular weight excluding hydrogens is 706 g/mol. The number of rotatable bonds is 5. The van der Waals surface area contributed by atoms with Crippen molar-refractivity contribution in [2.45, 2.75) is 168 Å². The second-order valence-electron chi connectivity index (χ2n) is 17.4. The number of carbonyl (C=O) groups excluding carboxylic acids is 4. The van der Waals surface area contributed by atoms with Crippen LogP contribution < -0.4 is 0 Å². The number of ketones is 2. The van der Waals surface area contributed by atoms with Gasteiger partial charge in [0, 0.05) is 44.9 Å². The van der Waals surface area contributed by atoms with E-state index in [9.17, 15) is 34.5 Å². The van der Waals surface area contributed by atoms with Gasteiger partial charge in [0.2, 0.25) is 5.79 Å². The molecule has 4 rings (SSSR count). The molecule has 2 bridgehead atoms. The first-order valence-electron chi connectivity index (χ1n) is 20.7. The van der Waals surface area contributed by atoms with E-state index in [4.69, 9.17) is 18.9 Å². The zero-order chi connectivity index (χ0) is 40.8. The van der Waals surface area contributed by atoms with Crippen molar-refractivity contribution in [2.24, 2.45) is 35.5 Å². The average Bonchev–Trinajstić information content (AvgIpc) is 3.15. The van der Waals surface area contributed by atoms with Crippen LogP contribution in [-0.4, -0.2) is 113 Å². The smallest absolute Gasteiger partial charge is 0.329 e. The number of hydrogen-bond acceptors (Lipinski definition) is 11. The van der Waals surface area contributed by atoms with E-state index >= 15 is 0 Å². The van der Waals surface area contributed by atoms with E-state index < -0.39 is 77.8 Å².